The SMILES string of the molecule is O=C(O)C(CNC1CC1)C(NC1CC1)c1ccc([N+](=O)[O-])cc1. The predicted molar refractivity (Wildman–Crippen MR) is 84.1 cm³/mol. The molecule has 0 aliphatic heterocycles. The van der Waals surface area contributed by atoms with Crippen molar-refractivity contribution < 1.29 is 14.8 Å². The molecule has 2 atom stereocenters. The van der Waals surface area contributed by atoms with Gasteiger partial charge in [0.2, 0.25) is 0 Å². The lowest BCUT2D eigenvalue weighted by Crippen LogP contribution is -2.40. The molecule has 0 heterocycles. The average Bonchev–Trinajstić information content (AvgIpc) is 3.41. The van der Waals surface area contributed by atoms with Crippen LogP contribution in [0.25, 0.3) is 0 Å². The molecule has 2 fully saturated rings. The minimum Gasteiger partial charge on any atom is -0.481 e. The number of rotatable bonds is 9. The van der Waals surface area contributed by atoms with E-state index in [0.29, 0.717) is 18.6 Å². The van der Waals surface area contributed by atoms with E-state index in [4.69, 9.17) is 0 Å². The molecule has 0 bridgehead atoms. The number of non-ortho nitro benzene ring substituents is 1. The Hall–Kier alpha value is -1.99. The van der Waals surface area contributed by atoms with Crippen molar-refractivity contribution in [2.45, 2.75) is 43.8 Å². The van der Waals surface area contributed by atoms with E-state index < -0.39 is 16.8 Å². The summed E-state index contributed by atoms with van der Waals surface area (Å²) in [6.07, 6.45) is 4.30. The Morgan fingerprint density at radius 2 is 1.83 bits per heavy atom. The van der Waals surface area contributed by atoms with Crippen LogP contribution < -0.4 is 10.6 Å². The third-order valence-electron chi connectivity index (χ3n) is 4.38. The van der Waals surface area contributed by atoms with Crippen molar-refractivity contribution in [2.24, 2.45) is 5.92 Å². The highest BCUT2D eigenvalue weighted by atomic mass is 16.6. The molecule has 23 heavy (non-hydrogen) atoms. The van der Waals surface area contributed by atoms with Gasteiger partial charge in [-0.1, -0.05) is 12.1 Å². The molecule has 3 N–H and O–H groups in total. The lowest BCUT2D eigenvalue weighted by Gasteiger charge is -2.26. The molecule has 124 valence electrons. The van der Waals surface area contributed by atoms with Gasteiger partial charge in [-0.2, -0.15) is 0 Å². The summed E-state index contributed by atoms with van der Waals surface area (Å²) in [7, 11) is 0. The molecule has 0 amide bonds. The maximum absolute atomic E-state index is 11.7. The molecule has 2 saturated carbocycles. The van der Waals surface area contributed by atoms with Gasteiger partial charge in [0.05, 0.1) is 10.8 Å². The van der Waals surface area contributed by atoms with E-state index in [9.17, 15) is 20.0 Å². The summed E-state index contributed by atoms with van der Waals surface area (Å²) in [5.74, 6) is -1.45. The van der Waals surface area contributed by atoms with Gasteiger partial charge in [0.1, 0.15) is 0 Å². The Morgan fingerprint density at radius 1 is 1.22 bits per heavy atom. The molecule has 0 saturated heterocycles. The molecule has 1 aromatic rings. The second-order valence-corrected chi connectivity index (χ2v) is 6.39. The highest BCUT2D eigenvalue weighted by molar-refractivity contribution is 5.71. The highest BCUT2D eigenvalue weighted by Crippen LogP contribution is 2.30. The number of carboxylic acid groups (broad SMARTS) is 1. The van der Waals surface area contributed by atoms with Crippen LogP contribution in [0.15, 0.2) is 24.3 Å². The Labute approximate surface area is 134 Å². The summed E-state index contributed by atoms with van der Waals surface area (Å²) in [6, 6.07) is 6.63. The molecule has 2 aliphatic carbocycles. The van der Waals surface area contributed by atoms with Crippen molar-refractivity contribution >= 4 is 11.7 Å². The first kappa shape index (κ1) is 15.9. The zero-order valence-electron chi connectivity index (χ0n) is 12.8. The largest absolute Gasteiger partial charge is 0.481 e. The number of nitrogens with one attached hydrogen (secondary N) is 2. The standard InChI is InChI=1S/C16H21N3O4/c20-16(21)14(9-17-11-3-4-11)15(18-12-5-6-12)10-1-7-13(8-2-10)19(22)23/h1-2,7-8,11-12,14-15,17-18H,3-6,9H2,(H,20,21). The maximum Gasteiger partial charge on any atom is 0.309 e. The van der Waals surface area contributed by atoms with Crippen LogP contribution in [-0.2, 0) is 4.79 Å². The molecule has 7 nitrogen and oxygen atoms in total. The monoisotopic (exact) mass is 319 g/mol. The maximum atomic E-state index is 11.7. The van der Waals surface area contributed by atoms with Gasteiger partial charge in [-0.05, 0) is 31.2 Å². The van der Waals surface area contributed by atoms with E-state index in [-0.39, 0.29) is 11.7 Å². The van der Waals surface area contributed by atoms with Gasteiger partial charge < -0.3 is 15.7 Å². The van der Waals surface area contributed by atoms with E-state index in [1.54, 1.807) is 12.1 Å². The topological polar surface area (TPSA) is 104 Å². The number of hydrogen-bond donors (Lipinski definition) is 3. The second kappa shape index (κ2) is 6.64. The summed E-state index contributed by atoms with van der Waals surface area (Å²) in [6.45, 7) is 0.404. The van der Waals surface area contributed by atoms with Crippen molar-refractivity contribution in [2.75, 3.05) is 6.54 Å². The van der Waals surface area contributed by atoms with E-state index >= 15 is 0 Å². The number of nitro benzene ring substituents is 1. The first-order chi connectivity index (χ1) is 11.0. The minimum atomic E-state index is -0.852. The van der Waals surface area contributed by atoms with Crippen LogP contribution in [0.3, 0.4) is 0 Å². The number of nitrogens with zero attached hydrogens (tertiary/aromatic N) is 1. The van der Waals surface area contributed by atoms with Crippen molar-refractivity contribution in [3.05, 3.63) is 39.9 Å². The lowest BCUT2D eigenvalue weighted by molar-refractivity contribution is -0.384. The van der Waals surface area contributed by atoms with Crippen LogP contribution >= 0.6 is 0 Å². The Morgan fingerprint density at radius 3 is 2.30 bits per heavy atom. The smallest absolute Gasteiger partial charge is 0.309 e. The number of carboxylic acids is 1. The summed E-state index contributed by atoms with van der Waals surface area (Å²) < 4.78 is 0. The molecule has 2 unspecified atom stereocenters. The van der Waals surface area contributed by atoms with Crippen LogP contribution in [-0.4, -0.2) is 34.6 Å². The fourth-order valence-corrected chi connectivity index (χ4v) is 2.68. The Kier molecular flexibility index (Phi) is 4.58. The van der Waals surface area contributed by atoms with Crippen LogP contribution in [0.1, 0.15) is 37.3 Å². The molecular formula is C16H21N3O4. The highest BCUT2D eigenvalue weighted by Gasteiger charge is 2.35. The van der Waals surface area contributed by atoms with Crippen LogP contribution in [0.4, 0.5) is 5.69 Å². The molecule has 3 rings (SSSR count). The molecule has 0 spiro atoms. The first-order valence-electron chi connectivity index (χ1n) is 8.01. The van der Waals surface area contributed by atoms with Crippen LogP contribution in [0.2, 0.25) is 0 Å². The number of aliphatic carboxylic acids is 1. The van der Waals surface area contributed by atoms with E-state index in [1.807, 2.05) is 0 Å². The van der Waals surface area contributed by atoms with Gasteiger partial charge in [0.15, 0.2) is 0 Å². The third-order valence-corrected chi connectivity index (χ3v) is 4.38. The van der Waals surface area contributed by atoms with Gasteiger partial charge in [-0.25, -0.2) is 0 Å². The zero-order chi connectivity index (χ0) is 16.4. The van der Waals surface area contributed by atoms with E-state index in [1.165, 1.54) is 12.1 Å². The third kappa shape index (κ3) is 4.27. The molecule has 7 heteroatoms. The average molecular weight is 319 g/mol. The van der Waals surface area contributed by atoms with Crippen molar-refractivity contribution in [1.82, 2.24) is 10.6 Å². The molecular weight excluding hydrogens is 298 g/mol. The summed E-state index contributed by atoms with van der Waals surface area (Å²) in [5.41, 5.74) is 0.800. The van der Waals surface area contributed by atoms with Gasteiger partial charge in [0.25, 0.3) is 5.69 Å². The summed E-state index contributed by atoms with van der Waals surface area (Å²) in [4.78, 5) is 22.1. The molecule has 2 aliphatic rings. The predicted octanol–water partition coefficient (Wildman–Crippen LogP) is 1.84. The van der Waals surface area contributed by atoms with Crippen molar-refractivity contribution in [3.8, 4) is 0 Å². The second-order valence-electron chi connectivity index (χ2n) is 6.39. The fourth-order valence-electron chi connectivity index (χ4n) is 2.68. The molecule has 1 aromatic carbocycles. The summed E-state index contributed by atoms with van der Waals surface area (Å²) >= 11 is 0. The normalized spacial score (nSPS) is 20.0. The van der Waals surface area contributed by atoms with Crippen LogP contribution in [0, 0.1) is 16.0 Å². The number of benzene rings is 1. The Balaban J connectivity index is 1.78. The lowest BCUT2D eigenvalue weighted by atomic mass is 9.92. The summed E-state index contributed by atoms with van der Waals surface area (Å²) in [5, 5.41) is 27.1. The number of hydrogen-bond acceptors (Lipinski definition) is 5. The van der Waals surface area contributed by atoms with Crippen molar-refractivity contribution in [1.29, 1.82) is 0 Å². The van der Waals surface area contributed by atoms with Crippen molar-refractivity contribution in [3.63, 3.8) is 0 Å². The first-order valence-corrected chi connectivity index (χ1v) is 8.01. The minimum absolute atomic E-state index is 0.0157. The Bertz CT molecular complexity index is 581. The number of nitro groups is 1. The zero-order valence-corrected chi connectivity index (χ0v) is 12.8. The van der Waals surface area contributed by atoms with Crippen LogP contribution in [0.5, 0.6) is 0 Å². The molecule has 0 radical (unpaired) electrons. The van der Waals surface area contributed by atoms with E-state index in [0.717, 1.165) is 31.2 Å². The number of carbonyl (C=O) groups is 1. The quantitative estimate of drug-likeness (QED) is 0.474. The van der Waals surface area contributed by atoms with Gasteiger partial charge in [-0.15, -0.1) is 0 Å². The molecule has 0 aromatic heterocycles. The van der Waals surface area contributed by atoms with E-state index in [2.05, 4.69) is 10.6 Å². The fraction of sp³-hybridized carbons (Fsp3) is 0.562. The van der Waals surface area contributed by atoms with Gasteiger partial charge in [0, 0.05) is 36.8 Å². The van der Waals surface area contributed by atoms with Gasteiger partial charge >= 0.3 is 5.97 Å². The van der Waals surface area contributed by atoms with Gasteiger partial charge in [-0.3, -0.25) is 14.9 Å².